The van der Waals surface area contributed by atoms with E-state index in [0.29, 0.717) is 25.4 Å². The van der Waals surface area contributed by atoms with Crippen molar-refractivity contribution in [2.75, 3.05) is 26.4 Å². The van der Waals surface area contributed by atoms with E-state index in [2.05, 4.69) is 13.8 Å². The Kier molecular flexibility index (Phi) is 15.9. The first-order valence-corrected chi connectivity index (χ1v) is 16.4. The summed E-state index contributed by atoms with van der Waals surface area (Å²) in [6.45, 7) is 7.33. The van der Waals surface area contributed by atoms with Gasteiger partial charge in [-0.1, -0.05) is 52.4 Å². The maximum Gasteiger partial charge on any atom is 0.309 e. The van der Waals surface area contributed by atoms with E-state index in [1.165, 1.54) is 38.5 Å². The molecule has 232 valence electrons. The molecule has 4 fully saturated rings. The van der Waals surface area contributed by atoms with Crippen LogP contribution in [0.5, 0.6) is 0 Å². The van der Waals surface area contributed by atoms with E-state index < -0.39 is 5.97 Å². The van der Waals surface area contributed by atoms with Gasteiger partial charge >= 0.3 is 11.9 Å². The molecule has 0 amide bonds. The third kappa shape index (κ3) is 11.6. The second-order valence-corrected chi connectivity index (χ2v) is 12.1. The maximum atomic E-state index is 12.4. The van der Waals surface area contributed by atoms with Gasteiger partial charge in [0, 0.05) is 19.8 Å². The average molecular weight is 569 g/mol. The van der Waals surface area contributed by atoms with Gasteiger partial charge in [0.2, 0.25) is 0 Å². The summed E-state index contributed by atoms with van der Waals surface area (Å²) < 4.78 is 28.7. The lowest BCUT2D eigenvalue weighted by atomic mass is 9.87. The van der Waals surface area contributed by atoms with Crippen molar-refractivity contribution in [1.82, 2.24) is 0 Å². The summed E-state index contributed by atoms with van der Waals surface area (Å²) in [5, 5.41) is 8.86. The molecule has 2 saturated carbocycles. The van der Waals surface area contributed by atoms with Crippen molar-refractivity contribution < 1.29 is 38.4 Å². The number of carbonyl (C=O) groups is 2. The largest absolute Gasteiger partial charge is 0.481 e. The number of esters is 1. The van der Waals surface area contributed by atoms with Gasteiger partial charge in [-0.05, 0) is 70.6 Å². The first-order chi connectivity index (χ1) is 19.5. The summed E-state index contributed by atoms with van der Waals surface area (Å²) in [4.78, 5) is 23.2. The minimum absolute atomic E-state index is 0.0189. The van der Waals surface area contributed by atoms with Crippen LogP contribution in [0.2, 0.25) is 0 Å². The highest BCUT2D eigenvalue weighted by atomic mass is 16.6. The Balaban J connectivity index is 0.000000241. The fraction of sp³-hybridized carbons (Fsp3) is 0.938. The van der Waals surface area contributed by atoms with Gasteiger partial charge in [0.25, 0.3) is 0 Å². The number of hydrogen-bond donors (Lipinski definition) is 1. The van der Waals surface area contributed by atoms with Crippen LogP contribution in [0.25, 0.3) is 0 Å². The predicted molar refractivity (Wildman–Crippen MR) is 153 cm³/mol. The molecule has 0 aromatic rings. The molecular formula is C32H56O8. The summed E-state index contributed by atoms with van der Waals surface area (Å²) in [6, 6.07) is 0. The predicted octanol–water partition coefficient (Wildman–Crippen LogP) is 6.47. The second-order valence-electron chi connectivity index (χ2n) is 12.1. The zero-order chi connectivity index (χ0) is 28.6. The average Bonchev–Trinajstić information content (AvgIpc) is 3.59. The van der Waals surface area contributed by atoms with E-state index >= 15 is 0 Å². The third-order valence-electron chi connectivity index (χ3n) is 8.92. The molecule has 4 rings (SSSR count). The van der Waals surface area contributed by atoms with Crippen LogP contribution in [0.1, 0.15) is 123 Å². The van der Waals surface area contributed by atoms with Crippen LogP contribution in [-0.2, 0) is 33.3 Å². The van der Waals surface area contributed by atoms with Crippen molar-refractivity contribution in [1.29, 1.82) is 0 Å². The van der Waals surface area contributed by atoms with Crippen LogP contribution < -0.4 is 0 Å². The number of aliphatic carboxylic acids is 1. The molecule has 4 aliphatic rings. The number of ether oxygens (including phenoxy) is 5. The van der Waals surface area contributed by atoms with Crippen molar-refractivity contribution in [2.24, 2.45) is 11.8 Å². The van der Waals surface area contributed by atoms with Gasteiger partial charge < -0.3 is 28.8 Å². The Labute approximate surface area is 242 Å². The zero-order valence-electron chi connectivity index (χ0n) is 25.2. The van der Waals surface area contributed by atoms with Crippen molar-refractivity contribution in [2.45, 2.75) is 154 Å². The molecule has 0 bridgehead atoms. The van der Waals surface area contributed by atoms with Crippen LogP contribution in [0.4, 0.5) is 0 Å². The maximum absolute atomic E-state index is 12.4. The standard InChI is InChI=1S/C19H32O5.C13H24O3/c1-2-3-4-5-11-21-15-8-6-14(7-9-15)19(20)24-17-13-23-16-10-12-22-18(16)17;1-2-3-4-5-10-16-12-8-6-11(7-9-12)13(14)15/h14-18H,2-13H2,1H3;11-12H,2-10H2,1H3,(H,14,15)/t14?,15?,16-,17?,18+;/m1./s1. The molecule has 0 spiro atoms. The zero-order valence-corrected chi connectivity index (χ0v) is 25.2. The molecule has 2 aliphatic carbocycles. The molecular weight excluding hydrogens is 512 g/mol. The van der Waals surface area contributed by atoms with Crippen LogP contribution in [-0.4, -0.2) is 74.0 Å². The molecule has 2 saturated heterocycles. The highest BCUT2D eigenvalue weighted by Crippen LogP contribution is 2.32. The molecule has 2 aliphatic heterocycles. The van der Waals surface area contributed by atoms with Crippen LogP contribution in [0.15, 0.2) is 0 Å². The quantitative estimate of drug-likeness (QED) is 0.177. The van der Waals surface area contributed by atoms with Gasteiger partial charge in [-0.25, -0.2) is 0 Å². The Hall–Kier alpha value is -1.22. The van der Waals surface area contributed by atoms with Gasteiger partial charge in [0.1, 0.15) is 6.10 Å². The first-order valence-electron chi connectivity index (χ1n) is 16.4. The lowest BCUT2D eigenvalue weighted by Gasteiger charge is -2.28. The summed E-state index contributed by atoms with van der Waals surface area (Å²) >= 11 is 0. The highest BCUT2D eigenvalue weighted by molar-refractivity contribution is 5.72. The molecule has 8 nitrogen and oxygen atoms in total. The summed E-state index contributed by atoms with van der Waals surface area (Å²) in [5.74, 6) is -0.812. The number of carboxylic acids is 1. The minimum Gasteiger partial charge on any atom is -0.481 e. The van der Waals surface area contributed by atoms with E-state index in [1.807, 2.05) is 0 Å². The smallest absolute Gasteiger partial charge is 0.309 e. The number of fused-ring (bicyclic) bond motifs is 1. The number of carbonyl (C=O) groups excluding carboxylic acids is 1. The monoisotopic (exact) mass is 568 g/mol. The molecule has 3 atom stereocenters. The van der Waals surface area contributed by atoms with Gasteiger partial charge in [-0.15, -0.1) is 0 Å². The Morgan fingerprint density at radius 3 is 1.77 bits per heavy atom. The number of unbranched alkanes of at least 4 members (excludes halogenated alkanes) is 6. The molecule has 0 aromatic carbocycles. The summed E-state index contributed by atoms with van der Waals surface area (Å²) in [5.41, 5.74) is 0. The molecule has 8 heteroatoms. The lowest BCUT2D eigenvalue weighted by molar-refractivity contribution is -0.160. The molecule has 1 N–H and O–H groups in total. The van der Waals surface area contributed by atoms with Crippen molar-refractivity contribution in [3.05, 3.63) is 0 Å². The van der Waals surface area contributed by atoms with E-state index in [1.54, 1.807) is 0 Å². The first kappa shape index (κ1) is 33.3. The normalized spacial score (nSPS) is 31.7. The van der Waals surface area contributed by atoms with Gasteiger partial charge in [-0.2, -0.15) is 0 Å². The topological polar surface area (TPSA) is 101 Å². The van der Waals surface area contributed by atoms with Crippen molar-refractivity contribution in [3.63, 3.8) is 0 Å². The Bertz CT molecular complexity index is 699. The Morgan fingerprint density at radius 2 is 1.25 bits per heavy atom. The van der Waals surface area contributed by atoms with Crippen molar-refractivity contribution >= 4 is 11.9 Å². The van der Waals surface area contributed by atoms with E-state index in [9.17, 15) is 9.59 Å². The van der Waals surface area contributed by atoms with E-state index in [0.717, 1.165) is 83.8 Å². The van der Waals surface area contributed by atoms with Crippen molar-refractivity contribution in [3.8, 4) is 0 Å². The summed E-state index contributed by atoms with van der Waals surface area (Å²) in [6.07, 6.45) is 18.4. The Morgan fingerprint density at radius 1 is 0.700 bits per heavy atom. The number of hydrogen-bond acceptors (Lipinski definition) is 7. The molecule has 1 unspecified atom stereocenters. The summed E-state index contributed by atoms with van der Waals surface area (Å²) in [7, 11) is 0. The fourth-order valence-electron chi connectivity index (χ4n) is 6.28. The SMILES string of the molecule is CCCCCCOC1CCC(C(=O)O)CC1.CCCCCCOC1CCC(C(=O)OC2CO[C@@H]3CCO[C@H]23)CC1. The van der Waals surface area contributed by atoms with Crippen LogP contribution in [0, 0.1) is 11.8 Å². The molecule has 0 radical (unpaired) electrons. The molecule has 40 heavy (non-hydrogen) atoms. The van der Waals surface area contributed by atoms with Crippen LogP contribution >= 0.6 is 0 Å². The van der Waals surface area contributed by atoms with Gasteiger partial charge in [0.05, 0.1) is 36.8 Å². The molecule has 2 heterocycles. The highest BCUT2D eigenvalue weighted by Gasteiger charge is 2.44. The molecule has 0 aromatic heterocycles. The second kappa shape index (κ2) is 19.1. The third-order valence-corrected chi connectivity index (χ3v) is 8.92. The number of rotatable bonds is 15. The minimum atomic E-state index is -0.638. The van der Waals surface area contributed by atoms with Gasteiger partial charge in [-0.3, -0.25) is 9.59 Å². The lowest BCUT2D eigenvalue weighted by Crippen LogP contribution is -2.35. The fourth-order valence-corrected chi connectivity index (χ4v) is 6.28. The van der Waals surface area contributed by atoms with E-state index in [4.69, 9.17) is 28.8 Å². The van der Waals surface area contributed by atoms with E-state index in [-0.39, 0.29) is 36.1 Å². The van der Waals surface area contributed by atoms with Crippen LogP contribution in [0.3, 0.4) is 0 Å². The van der Waals surface area contributed by atoms with Gasteiger partial charge in [0.15, 0.2) is 6.10 Å². The number of carboxylic acid groups (broad SMARTS) is 1.